The van der Waals surface area contributed by atoms with Crippen LogP contribution in [-0.4, -0.2) is 31.0 Å². The van der Waals surface area contributed by atoms with Gasteiger partial charge in [0, 0.05) is 18.1 Å². The van der Waals surface area contributed by atoms with Crippen LogP contribution in [0, 0.1) is 5.92 Å². The lowest BCUT2D eigenvalue weighted by Gasteiger charge is -2.32. The van der Waals surface area contributed by atoms with Crippen LogP contribution in [0.5, 0.6) is 5.75 Å². The molecule has 1 heterocycles. The summed E-state index contributed by atoms with van der Waals surface area (Å²) < 4.78 is 5.31. The van der Waals surface area contributed by atoms with Crippen molar-refractivity contribution in [1.82, 2.24) is 4.90 Å². The Morgan fingerprint density at radius 3 is 2.80 bits per heavy atom. The Morgan fingerprint density at radius 1 is 1.24 bits per heavy atom. The van der Waals surface area contributed by atoms with E-state index >= 15 is 0 Å². The molecule has 1 amide bonds. The van der Waals surface area contributed by atoms with E-state index in [1.54, 1.807) is 7.11 Å². The number of likely N-dealkylation sites (tertiary alicyclic amines) is 1. The van der Waals surface area contributed by atoms with Crippen LogP contribution in [0.15, 0.2) is 48.5 Å². The van der Waals surface area contributed by atoms with Gasteiger partial charge in [-0.3, -0.25) is 9.69 Å². The molecule has 0 saturated carbocycles. The SMILES string of the molecule is COc1ccccc1NC(=O)[C@H]1CCCN(Cc2ccccc2Cl)C1. The van der Waals surface area contributed by atoms with Crippen molar-refractivity contribution in [3.05, 3.63) is 59.1 Å². The molecule has 3 rings (SSSR count). The number of carbonyl (C=O) groups excluding carboxylic acids is 1. The summed E-state index contributed by atoms with van der Waals surface area (Å²) in [7, 11) is 1.61. The van der Waals surface area contributed by atoms with Gasteiger partial charge in [-0.05, 0) is 43.1 Å². The van der Waals surface area contributed by atoms with Gasteiger partial charge in [-0.15, -0.1) is 0 Å². The van der Waals surface area contributed by atoms with Crippen molar-refractivity contribution in [3.8, 4) is 5.75 Å². The number of piperidine rings is 1. The number of hydrogen-bond acceptors (Lipinski definition) is 3. The highest BCUT2D eigenvalue weighted by Crippen LogP contribution is 2.26. The molecule has 1 saturated heterocycles. The first-order chi connectivity index (χ1) is 12.2. The smallest absolute Gasteiger partial charge is 0.228 e. The van der Waals surface area contributed by atoms with Crippen molar-refractivity contribution in [3.63, 3.8) is 0 Å². The normalized spacial score (nSPS) is 17.9. The molecule has 0 unspecified atom stereocenters. The van der Waals surface area contributed by atoms with E-state index in [1.807, 2.05) is 48.5 Å². The van der Waals surface area contributed by atoms with E-state index in [1.165, 1.54) is 0 Å². The van der Waals surface area contributed by atoms with Gasteiger partial charge in [0.15, 0.2) is 0 Å². The van der Waals surface area contributed by atoms with Crippen LogP contribution in [0.25, 0.3) is 0 Å². The second-order valence-corrected chi connectivity index (χ2v) is 6.76. The van der Waals surface area contributed by atoms with Crippen molar-refractivity contribution in [1.29, 1.82) is 0 Å². The molecule has 1 aliphatic heterocycles. The summed E-state index contributed by atoms with van der Waals surface area (Å²) in [6.45, 7) is 2.51. The first-order valence-corrected chi connectivity index (χ1v) is 8.95. The highest BCUT2D eigenvalue weighted by molar-refractivity contribution is 6.31. The molecule has 132 valence electrons. The van der Waals surface area contributed by atoms with E-state index in [-0.39, 0.29) is 11.8 Å². The van der Waals surface area contributed by atoms with Crippen molar-refractivity contribution >= 4 is 23.2 Å². The van der Waals surface area contributed by atoms with Crippen LogP contribution in [0.4, 0.5) is 5.69 Å². The van der Waals surface area contributed by atoms with Gasteiger partial charge < -0.3 is 10.1 Å². The first kappa shape index (κ1) is 17.8. The number of benzene rings is 2. The highest BCUT2D eigenvalue weighted by Gasteiger charge is 2.26. The van der Waals surface area contributed by atoms with E-state index in [0.717, 1.165) is 48.7 Å². The van der Waals surface area contributed by atoms with E-state index in [0.29, 0.717) is 5.75 Å². The predicted molar refractivity (Wildman–Crippen MR) is 101 cm³/mol. The quantitative estimate of drug-likeness (QED) is 0.870. The maximum atomic E-state index is 12.7. The number of hydrogen-bond donors (Lipinski definition) is 1. The van der Waals surface area contributed by atoms with Gasteiger partial charge in [0.05, 0.1) is 18.7 Å². The molecule has 2 aromatic rings. The van der Waals surface area contributed by atoms with Crippen LogP contribution in [-0.2, 0) is 11.3 Å². The summed E-state index contributed by atoms with van der Waals surface area (Å²) in [5, 5.41) is 3.79. The number of carbonyl (C=O) groups is 1. The minimum Gasteiger partial charge on any atom is -0.495 e. The summed E-state index contributed by atoms with van der Waals surface area (Å²) in [6.07, 6.45) is 1.91. The second kappa shape index (κ2) is 8.37. The minimum absolute atomic E-state index is 0.0267. The summed E-state index contributed by atoms with van der Waals surface area (Å²) in [4.78, 5) is 15.0. The van der Waals surface area contributed by atoms with Gasteiger partial charge in [0.2, 0.25) is 5.91 Å². The Morgan fingerprint density at radius 2 is 2.00 bits per heavy atom. The lowest BCUT2D eigenvalue weighted by Crippen LogP contribution is -2.40. The average Bonchev–Trinajstić information content (AvgIpc) is 2.64. The van der Waals surface area contributed by atoms with E-state index in [2.05, 4.69) is 10.2 Å². The van der Waals surface area contributed by atoms with Crippen LogP contribution in [0.2, 0.25) is 5.02 Å². The summed E-state index contributed by atoms with van der Waals surface area (Å²) in [5.74, 6) is 0.703. The zero-order chi connectivity index (χ0) is 17.6. The summed E-state index contributed by atoms with van der Waals surface area (Å²) in [5.41, 5.74) is 1.83. The number of rotatable bonds is 5. The molecule has 0 bridgehead atoms. The van der Waals surface area contributed by atoms with Crippen molar-refractivity contribution in [2.45, 2.75) is 19.4 Å². The zero-order valence-electron chi connectivity index (χ0n) is 14.4. The number of anilines is 1. The molecule has 1 atom stereocenters. The number of halogens is 1. The molecule has 5 heteroatoms. The Labute approximate surface area is 153 Å². The maximum Gasteiger partial charge on any atom is 0.228 e. The van der Waals surface area contributed by atoms with Crippen molar-refractivity contribution in [2.75, 3.05) is 25.5 Å². The van der Waals surface area contributed by atoms with Gasteiger partial charge in [-0.1, -0.05) is 41.9 Å². The third kappa shape index (κ3) is 4.53. The number of methoxy groups -OCH3 is 1. The molecule has 25 heavy (non-hydrogen) atoms. The predicted octanol–water partition coefficient (Wildman–Crippen LogP) is 4.20. The van der Waals surface area contributed by atoms with Crippen LogP contribution < -0.4 is 10.1 Å². The topological polar surface area (TPSA) is 41.6 Å². The molecule has 0 aliphatic carbocycles. The number of nitrogens with one attached hydrogen (secondary N) is 1. The largest absolute Gasteiger partial charge is 0.495 e. The number of nitrogens with zero attached hydrogens (tertiary/aromatic N) is 1. The van der Waals surface area contributed by atoms with Crippen LogP contribution in [0.3, 0.4) is 0 Å². The molecule has 1 N–H and O–H groups in total. The summed E-state index contributed by atoms with van der Waals surface area (Å²) in [6, 6.07) is 15.4. The fourth-order valence-electron chi connectivity index (χ4n) is 3.26. The van der Waals surface area contributed by atoms with Crippen LogP contribution >= 0.6 is 11.6 Å². The standard InChI is InChI=1S/C20H23ClN2O2/c1-25-19-11-5-4-10-18(19)22-20(24)16-8-6-12-23(14-16)13-15-7-2-3-9-17(15)21/h2-5,7,9-11,16H,6,8,12-14H2,1H3,(H,22,24)/t16-/m0/s1. The summed E-state index contributed by atoms with van der Waals surface area (Å²) >= 11 is 6.26. The third-order valence-electron chi connectivity index (χ3n) is 4.59. The number of ether oxygens (including phenoxy) is 1. The third-order valence-corrected chi connectivity index (χ3v) is 4.96. The Hall–Kier alpha value is -2.04. The molecular weight excluding hydrogens is 336 g/mol. The highest BCUT2D eigenvalue weighted by atomic mass is 35.5. The molecule has 0 aromatic heterocycles. The zero-order valence-corrected chi connectivity index (χ0v) is 15.1. The molecular formula is C20H23ClN2O2. The molecule has 0 radical (unpaired) electrons. The molecule has 2 aromatic carbocycles. The lowest BCUT2D eigenvalue weighted by molar-refractivity contribution is -0.121. The van der Waals surface area contributed by atoms with E-state index < -0.39 is 0 Å². The van der Waals surface area contributed by atoms with Crippen molar-refractivity contribution < 1.29 is 9.53 Å². The minimum atomic E-state index is -0.0267. The monoisotopic (exact) mass is 358 g/mol. The fourth-order valence-corrected chi connectivity index (χ4v) is 3.46. The second-order valence-electron chi connectivity index (χ2n) is 6.36. The van der Waals surface area contributed by atoms with Crippen LogP contribution in [0.1, 0.15) is 18.4 Å². The first-order valence-electron chi connectivity index (χ1n) is 8.57. The van der Waals surface area contributed by atoms with E-state index in [9.17, 15) is 4.79 Å². The van der Waals surface area contributed by atoms with E-state index in [4.69, 9.17) is 16.3 Å². The number of para-hydroxylation sites is 2. The van der Waals surface area contributed by atoms with Gasteiger partial charge >= 0.3 is 0 Å². The Kier molecular flexibility index (Phi) is 5.95. The lowest BCUT2D eigenvalue weighted by atomic mass is 9.96. The van der Waals surface area contributed by atoms with Gasteiger partial charge in [0.25, 0.3) is 0 Å². The van der Waals surface area contributed by atoms with Crippen molar-refractivity contribution in [2.24, 2.45) is 5.92 Å². The molecule has 1 aliphatic rings. The molecule has 4 nitrogen and oxygen atoms in total. The maximum absolute atomic E-state index is 12.7. The Balaban J connectivity index is 1.63. The average molecular weight is 359 g/mol. The fraction of sp³-hybridized carbons (Fsp3) is 0.350. The van der Waals surface area contributed by atoms with Gasteiger partial charge in [-0.2, -0.15) is 0 Å². The molecule has 0 spiro atoms. The van der Waals surface area contributed by atoms with Gasteiger partial charge in [0.1, 0.15) is 5.75 Å². The Bertz CT molecular complexity index is 735. The molecule has 1 fully saturated rings. The van der Waals surface area contributed by atoms with Gasteiger partial charge in [-0.25, -0.2) is 0 Å². The number of amides is 1.